The van der Waals surface area contributed by atoms with Crippen molar-refractivity contribution in [3.8, 4) is 11.4 Å². The van der Waals surface area contributed by atoms with Crippen molar-refractivity contribution >= 4 is 11.7 Å². The molecule has 2 aromatic heterocycles. The Morgan fingerprint density at radius 1 is 1.29 bits per heavy atom. The van der Waals surface area contributed by atoms with E-state index in [1.807, 2.05) is 54.0 Å². The van der Waals surface area contributed by atoms with Crippen LogP contribution in [0, 0.1) is 0 Å². The average Bonchev–Trinajstić information content (AvgIpc) is 3.37. The molecule has 0 spiro atoms. The fourth-order valence-electron chi connectivity index (χ4n) is 3.63. The maximum atomic E-state index is 12.7. The van der Waals surface area contributed by atoms with Gasteiger partial charge in [0.2, 0.25) is 0 Å². The van der Waals surface area contributed by atoms with Gasteiger partial charge >= 0.3 is 6.03 Å². The molecule has 1 N–H and O–H groups in total. The number of nitrogens with zero attached hydrogens (tertiary/aromatic N) is 7. The number of carbonyl (C=O) groups excluding carboxylic acids is 1. The van der Waals surface area contributed by atoms with E-state index in [1.165, 1.54) is 5.56 Å². The lowest BCUT2D eigenvalue weighted by Gasteiger charge is -2.31. The summed E-state index contributed by atoms with van der Waals surface area (Å²) < 4.78 is 3.56. The molecule has 146 valence electrons. The molecular formula is C19H24N8O. The Balaban J connectivity index is 1.38. The Hall–Kier alpha value is -3.23. The number of aromatic nitrogens is 6. The zero-order chi connectivity index (χ0) is 19.5. The van der Waals surface area contributed by atoms with Gasteiger partial charge in [-0.1, -0.05) is 12.1 Å². The van der Waals surface area contributed by atoms with Crippen molar-refractivity contribution < 1.29 is 4.79 Å². The highest BCUT2D eigenvalue weighted by atomic mass is 16.2. The first-order chi connectivity index (χ1) is 13.6. The van der Waals surface area contributed by atoms with Crippen LogP contribution in [0.2, 0.25) is 0 Å². The molecule has 9 nitrogen and oxygen atoms in total. The molecule has 9 heteroatoms. The molecular weight excluding hydrogens is 356 g/mol. The normalized spacial score (nSPS) is 15.0. The number of hydrogen-bond acceptors (Lipinski definition) is 5. The van der Waals surface area contributed by atoms with Gasteiger partial charge in [0, 0.05) is 44.1 Å². The third kappa shape index (κ3) is 3.73. The summed E-state index contributed by atoms with van der Waals surface area (Å²) in [6.45, 7) is 4.14. The number of benzene rings is 1. The second-order valence-electron chi connectivity index (χ2n) is 7.04. The number of tetrazole rings is 1. The number of aryl methyl sites for hydroxylation is 2. The Labute approximate surface area is 163 Å². The predicted octanol–water partition coefficient (Wildman–Crippen LogP) is 2.51. The van der Waals surface area contributed by atoms with Crippen LogP contribution in [-0.4, -0.2) is 54.0 Å². The molecule has 28 heavy (non-hydrogen) atoms. The lowest BCUT2D eigenvalue weighted by atomic mass is 9.92. The van der Waals surface area contributed by atoms with E-state index < -0.39 is 0 Å². The number of rotatable bonds is 4. The average molecular weight is 380 g/mol. The van der Waals surface area contributed by atoms with Crippen molar-refractivity contribution in [1.29, 1.82) is 0 Å². The monoisotopic (exact) mass is 380 g/mol. The summed E-state index contributed by atoms with van der Waals surface area (Å²) in [6, 6.07) is 7.54. The number of urea groups is 1. The van der Waals surface area contributed by atoms with Crippen LogP contribution in [0.25, 0.3) is 11.4 Å². The number of nitrogens with one attached hydrogen (secondary N) is 1. The molecule has 1 aliphatic heterocycles. The fourth-order valence-corrected chi connectivity index (χ4v) is 3.63. The van der Waals surface area contributed by atoms with Gasteiger partial charge in [-0.15, -0.1) is 5.10 Å². The summed E-state index contributed by atoms with van der Waals surface area (Å²) in [6.07, 6.45) is 5.89. The van der Waals surface area contributed by atoms with E-state index in [-0.39, 0.29) is 6.03 Å². The highest BCUT2D eigenvalue weighted by Gasteiger charge is 2.24. The van der Waals surface area contributed by atoms with Gasteiger partial charge in [-0.05, 0) is 53.8 Å². The molecule has 3 heterocycles. The highest BCUT2D eigenvalue weighted by Crippen LogP contribution is 2.28. The number of anilines is 1. The van der Waals surface area contributed by atoms with Crippen LogP contribution in [0.15, 0.2) is 36.7 Å². The number of carbonyl (C=O) groups is 1. The van der Waals surface area contributed by atoms with Crippen molar-refractivity contribution in [3.05, 3.63) is 42.2 Å². The summed E-state index contributed by atoms with van der Waals surface area (Å²) in [5.41, 5.74) is 2.87. The summed E-state index contributed by atoms with van der Waals surface area (Å²) in [5, 5.41) is 19.0. The number of hydrogen-bond donors (Lipinski definition) is 1. The van der Waals surface area contributed by atoms with Crippen molar-refractivity contribution in [1.82, 2.24) is 34.9 Å². The Morgan fingerprint density at radius 2 is 2.11 bits per heavy atom. The summed E-state index contributed by atoms with van der Waals surface area (Å²) >= 11 is 0. The smallest absolute Gasteiger partial charge is 0.321 e. The third-order valence-electron chi connectivity index (χ3n) is 5.18. The topological polar surface area (TPSA) is 93.8 Å². The van der Waals surface area contributed by atoms with E-state index in [0.717, 1.165) is 37.2 Å². The van der Waals surface area contributed by atoms with Crippen LogP contribution >= 0.6 is 0 Å². The first kappa shape index (κ1) is 18.1. The van der Waals surface area contributed by atoms with Gasteiger partial charge in [0.15, 0.2) is 5.82 Å². The lowest BCUT2D eigenvalue weighted by molar-refractivity contribution is 0.194. The van der Waals surface area contributed by atoms with Gasteiger partial charge in [-0.2, -0.15) is 5.10 Å². The highest BCUT2D eigenvalue weighted by molar-refractivity contribution is 5.90. The SMILES string of the molecule is CCn1nnnc1-c1cccc(NC(=O)N2CCC(c3cnn(C)c3)CC2)c1. The zero-order valence-corrected chi connectivity index (χ0v) is 16.1. The minimum Gasteiger partial charge on any atom is -0.324 e. The molecule has 1 saturated heterocycles. The molecule has 2 amide bonds. The zero-order valence-electron chi connectivity index (χ0n) is 16.1. The molecule has 0 radical (unpaired) electrons. The molecule has 0 atom stereocenters. The first-order valence-electron chi connectivity index (χ1n) is 9.55. The molecule has 1 fully saturated rings. The molecule has 0 bridgehead atoms. The standard InChI is InChI=1S/C19H24N8O/c1-3-27-18(22-23-24-27)15-5-4-6-17(11-15)21-19(28)26-9-7-14(8-10-26)16-12-20-25(2)13-16/h4-6,11-14H,3,7-10H2,1-2H3,(H,21,28). The van der Waals surface area contributed by atoms with E-state index in [1.54, 1.807) is 4.68 Å². The molecule has 0 saturated carbocycles. The van der Waals surface area contributed by atoms with E-state index in [4.69, 9.17) is 0 Å². The predicted molar refractivity (Wildman–Crippen MR) is 105 cm³/mol. The summed E-state index contributed by atoms with van der Waals surface area (Å²) in [7, 11) is 1.93. The third-order valence-corrected chi connectivity index (χ3v) is 5.18. The van der Waals surface area contributed by atoms with Gasteiger partial charge in [0.25, 0.3) is 0 Å². The van der Waals surface area contributed by atoms with E-state index >= 15 is 0 Å². The first-order valence-corrected chi connectivity index (χ1v) is 9.55. The van der Waals surface area contributed by atoms with Gasteiger partial charge in [0.05, 0.1) is 6.20 Å². The Morgan fingerprint density at radius 3 is 2.82 bits per heavy atom. The Kier molecular flexibility index (Phi) is 5.05. The van der Waals surface area contributed by atoms with Crippen LogP contribution in [0.5, 0.6) is 0 Å². The summed E-state index contributed by atoms with van der Waals surface area (Å²) in [5.74, 6) is 1.16. The van der Waals surface area contributed by atoms with Crippen molar-refractivity contribution in [2.75, 3.05) is 18.4 Å². The van der Waals surface area contributed by atoms with Crippen LogP contribution in [-0.2, 0) is 13.6 Å². The molecule has 1 aromatic carbocycles. The van der Waals surface area contributed by atoms with Crippen LogP contribution in [0.4, 0.5) is 10.5 Å². The van der Waals surface area contributed by atoms with Crippen LogP contribution < -0.4 is 5.32 Å². The maximum Gasteiger partial charge on any atom is 0.321 e. The maximum absolute atomic E-state index is 12.7. The summed E-state index contributed by atoms with van der Waals surface area (Å²) in [4.78, 5) is 14.6. The number of piperidine rings is 1. The lowest BCUT2D eigenvalue weighted by Crippen LogP contribution is -2.40. The number of amides is 2. The van der Waals surface area contributed by atoms with Gasteiger partial charge in [0.1, 0.15) is 0 Å². The second kappa shape index (κ2) is 7.79. The van der Waals surface area contributed by atoms with E-state index in [0.29, 0.717) is 18.3 Å². The Bertz CT molecular complexity index is 954. The van der Waals surface area contributed by atoms with Crippen molar-refractivity contribution in [2.24, 2.45) is 7.05 Å². The number of likely N-dealkylation sites (tertiary alicyclic amines) is 1. The van der Waals surface area contributed by atoms with E-state index in [2.05, 4.69) is 32.1 Å². The molecule has 0 aliphatic carbocycles. The fraction of sp³-hybridized carbons (Fsp3) is 0.421. The van der Waals surface area contributed by atoms with Gasteiger partial charge in [-0.3, -0.25) is 4.68 Å². The van der Waals surface area contributed by atoms with Gasteiger partial charge in [-0.25, -0.2) is 9.48 Å². The van der Waals surface area contributed by atoms with E-state index in [9.17, 15) is 4.79 Å². The van der Waals surface area contributed by atoms with Gasteiger partial charge < -0.3 is 10.2 Å². The minimum atomic E-state index is -0.0723. The minimum absolute atomic E-state index is 0.0723. The molecule has 4 rings (SSSR count). The quantitative estimate of drug-likeness (QED) is 0.751. The van der Waals surface area contributed by atoms with Crippen molar-refractivity contribution in [3.63, 3.8) is 0 Å². The second-order valence-corrected chi connectivity index (χ2v) is 7.04. The van der Waals surface area contributed by atoms with Crippen molar-refractivity contribution in [2.45, 2.75) is 32.2 Å². The molecule has 1 aliphatic rings. The van der Waals surface area contributed by atoms with Crippen LogP contribution in [0.3, 0.4) is 0 Å². The largest absolute Gasteiger partial charge is 0.324 e. The molecule has 3 aromatic rings. The van der Waals surface area contributed by atoms with Crippen LogP contribution in [0.1, 0.15) is 31.2 Å². The molecule has 0 unspecified atom stereocenters.